The van der Waals surface area contributed by atoms with Crippen LogP contribution >= 0.6 is 0 Å². The largest absolute Gasteiger partial charge is 0.383 e. The van der Waals surface area contributed by atoms with Crippen LogP contribution in [0.15, 0.2) is 67.1 Å². The van der Waals surface area contributed by atoms with Gasteiger partial charge in [0.1, 0.15) is 29.2 Å². The summed E-state index contributed by atoms with van der Waals surface area (Å²) in [6, 6.07) is 12.2. The number of piperidine rings is 1. The van der Waals surface area contributed by atoms with E-state index in [1.165, 1.54) is 6.33 Å². The highest BCUT2D eigenvalue weighted by molar-refractivity contribution is 6.05. The van der Waals surface area contributed by atoms with E-state index in [2.05, 4.69) is 32.2 Å². The summed E-state index contributed by atoms with van der Waals surface area (Å²) >= 11 is 0. The Morgan fingerprint density at radius 3 is 2.68 bits per heavy atom. The molecular weight excluding hydrogens is 468 g/mol. The van der Waals surface area contributed by atoms with Crippen LogP contribution < -0.4 is 16.4 Å². The number of hydrogen-bond acceptors (Lipinski definition) is 8. The van der Waals surface area contributed by atoms with E-state index in [1.807, 2.05) is 16.8 Å². The number of nitrogen functional groups attached to an aromatic ring is 1. The molecular formula is C27H26N8O2. The molecule has 186 valence electrons. The summed E-state index contributed by atoms with van der Waals surface area (Å²) < 4.78 is 1.83. The van der Waals surface area contributed by atoms with Crippen LogP contribution in [0.3, 0.4) is 0 Å². The lowest BCUT2D eigenvalue weighted by atomic mass is 9.85. The summed E-state index contributed by atoms with van der Waals surface area (Å²) in [7, 11) is 0. The summed E-state index contributed by atoms with van der Waals surface area (Å²) in [5, 5.41) is 11.8. The molecule has 0 radical (unpaired) electrons. The number of Topliss-reactive ketones (excluding diaryl/α,β-unsaturated/α-hetero) is 1. The fraction of sp³-hybridized carbons (Fsp3) is 0.259. The second kappa shape index (κ2) is 8.59. The Kier molecular flexibility index (Phi) is 5.34. The number of anilines is 2. The molecule has 3 aromatic heterocycles. The predicted molar refractivity (Wildman–Crippen MR) is 140 cm³/mol. The minimum absolute atomic E-state index is 0.00741. The molecule has 0 unspecified atom stereocenters. The molecule has 1 saturated heterocycles. The van der Waals surface area contributed by atoms with E-state index in [9.17, 15) is 9.59 Å². The van der Waals surface area contributed by atoms with Gasteiger partial charge in [0.2, 0.25) is 0 Å². The number of carbonyl (C=O) groups is 2. The molecule has 1 amide bonds. The average molecular weight is 495 g/mol. The Morgan fingerprint density at radius 1 is 1.16 bits per heavy atom. The van der Waals surface area contributed by atoms with Crippen molar-refractivity contribution < 1.29 is 9.59 Å². The normalized spacial score (nSPS) is 22.3. The minimum atomic E-state index is -0.764. The minimum Gasteiger partial charge on any atom is -0.383 e. The van der Waals surface area contributed by atoms with Gasteiger partial charge in [0.05, 0.1) is 11.4 Å². The number of rotatable bonds is 6. The third-order valence-corrected chi connectivity index (χ3v) is 7.38. The van der Waals surface area contributed by atoms with Crippen LogP contribution in [-0.4, -0.2) is 48.5 Å². The Labute approximate surface area is 213 Å². The molecule has 4 heterocycles. The molecule has 4 N–H and O–H groups in total. The van der Waals surface area contributed by atoms with Crippen LogP contribution in [0, 0.1) is 5.92 Å². The van der Waals surface area contributed by atoms with Crippen molar-refractivity contribution in [3.05, 3.63) is 72.7 Å². The average Bonchev–Trinajstić information content (AvgIpc) is 3.61. The molecule has 37 heavy (non-hydrogen) atoms. The standard InChI is InChI=1S/C27H26N8O2/c1-15(2)23(36)27-12-16(13-32-27)11-19(27)35-25-21(24(28)30-14-31-25)22(34-35)17-6-8-18(9-7-17)26(37)33-20-5-3-4-10-29-20/h3-10,14,16,19,32H,1,11-13H2,2H3,(H2,28,30,31)(H,29,33,37)/t16-,19+,27-/m1/s1. The van der Waals surface area contributed by atoms with Gasteiger partial charge >= 0.3 is 0 Å². The van der Waals surface area contributed by atoms with E-state index in [-0.39, 0.29) is 17.7 Å². The van der Waals surface area contributed by atoms with E-state index in [4.69, 9.17) is 10.8 Å². The van der Waals surface area contributed by atoms with Crippen LogP contribution in [0.2, 0.25) is 0 Å². The van der Waals surface area contributed by atoms with Crippen molar-refractivity contribution in [2.45, 2.75) is 31.3 Å². The Morgan fingerprint density at radius 2 is 1.97 bits per heavy atom. The number of ketones is 1. The number of fused-ring (bicyclic) bond motifs is 3. The van der Waals surface area contributed by atoms with Crippen LogP contribution in [0.4, 0.5) is 11.6 Å². The first-order chi connectivity index (χ1) is 17.9. The van der Waals surface area contributed by atoms with Gasteiger partial charge in [-0.25, -0.2) is 19.6 Å². The summed E-state index contributed by atoms with van der Waals surface area (Å²) in [4.78, 5) is 38.8. The molecule has 4 aromatic rings. The number of nitrogens with zero attached hydrogens (tertiary/aromatic N) is 5. The molecule has 10 heteroatoms. The highest BCUT2D eigenvalue weighted by Gasteiger charge is 2.58. The van der Waals surface area contributed by atoms with Gasteiger partial charge in [-0.2, -0.15) is 5.10 Å². The molecule has 1 aromatic carbocycles. The SMILES string of the molecule is C=C(C)C(=O)[C@]12C[C@H](CN1)C[C@@H]2n1nc(-c2ccc(C(=O)Nc3ccccn3)cc2)c2c(N)ncnc21. The highest BCUT2D eigenvalue weighted by atomic mass is 16.1. The number of aromatic nitrogens is 5. The maximum Gasteiger partial charge on any atom is 0.256 e. The van der Waals surface area contributed by atoms with Gasteiger partial charge in [-0.15, -0.1) is 0 Å². The zero-order chi connectivity index (χ0) is 25.7. The van der Waals surface area contributed by atoms with Gasteiger partial charge in [-0.3, -0.25) is 9.59 Å². The predicted octanol–water partition coefficient (Wildman–Crippen LogP) is 3.16. The summed E-state index contributed by atoms with van der Waals surface area (Å²) in [5.74, 6) is 0.889. The van der Waals surface area contributed by atoms with Crippen molar-refractivity contribution in [2.75, 3.05) is 17.6 Å². The van der Waals surface area contributed by atoms with E-state index in [0.717, 1.165) is 24.9 Å². The zero-order valence-electron chi connectivity index (χ0n) is 20.3. The second-order valence-corrected chi connectivity index (χ2v) is 9.78. The molecule has 2 aliphatic rings. The fourth-order valence-electron chi connectivity index (χ4n) is 5.70. The third kappa shape index (κ3) is 3.68. The summed E-state index contributed by atoms with van der Waals surface area (Å²) in [6.45, 7) is 6.46. The van der Waals surface area contributed by atoms with E-state index >= 15 is 0 Å². The Hall–Kier alpha value is -4.44. The summed E-state index contributed by atoms with van der Waals surface area (Å²) in [6.07, 6.45) is 4.57. The lowest BCUT2D eigenvalue weighted by Gasteiger charge is -2.35. The van der Waals surface area contributed by atoms with E-state index in [1.54, 1.807) is 43.5 Å². The smallest absolute Gasteiger partial charge is 0.256 e. The first-order valence-electron chi connectivity index (χ1n) is 12.1. The van der Waals surface area contributed by atoms with Gasteiger partial charge in [-0.1, -0.05) is 24.8 Å². The first-order valence-corrected chi connectivity index (χ1v) is 12.1. The number of nitrogens with one attached hydrogen (secondary N) is 2. The molecule has 1 aliphatic carbocycles. The quantitative estimate of drug-likeness (QED) is 0.347. The number of amides is 1. The van der Waals surface area contributed by atoms with Gasteiger partial charge in [0.25, 0.3) is 5.91 Å². The Bertz CT molecular complexity index is 1550. The van der Waals surface area contributed by atoms with Crippen molar-refractivity contribution in [3.8, 4) is 11.3 Å². The third-order valence-electron chi connectivity index (χ3n) is 7.38. The van der Waals surface area contributed by atoms with Crippen molar-refractivity contribution >= 4 is 34.4 Å². The maximum atomic E-state index is 13.3. The topological polar surface area (TPSA) is 141 Å². The molecule has 6 rings (SSSR count). The van der Waals surface area contributed by atoms with Gasteiger partial charge in [0.15, 0.2) is 11.4 Å². The van der Waals surface area contributed by atoms with Crippen LogP contribution in [0.1, 0.15) is 36.2 Å². The van der Waals surface area contributed by atoms with Gasteiger partial charge in [0, 0.05) is 17.3 Å². The number of benzene rings is 1. The monoisotopic (exact) mass is 494 g/mol. The number of hydrogen-bond donors (Lipinski definition) is 3. The molecule has 0 spiro atoms. The molecule has 2 fully saturated rings. The Balaban J connectivity index is 1.39. The zero-order valence-corrected chi connectivity index (χ0v) is 20.3. The van der Waals surface area contributed by atoms with E-state index in [0.29, 0.717) is 45.4 Å². The molecule has 10 nitrogen and oxygen atoms in total. The van der Waals surface area contributed by atoms with Gasteiger partial charge in [-0.05, 0) is 62.1 Å². The summed E-state index contributed by atoms with van der Waals surface area (Å²) in [5.41, 5.74) is 8.49. The number of pyridine rings is 1. The van der Waals surface area contributed by atoms with Crippen molar-refractivity contribution in [1.82, 2.24) is 30.0 Å². The highest BCUT2D eigenvalue weighted by Crippen LogP contribution is 2.50. The fourth-order valence-corrected chi connectivity index (χ4v) is 5.70. The van der Waals surface area contributed by atoms with Crippen molar-refractivity contribution in [2.24, 2.45) is 5.92 Å². The van der Waals surface area contributed by atoms with Gasteiger partial charge < -0.3 is 16.4 Å². The lowest BCUT2D eigenvalue weighted by molar-refractivity contribution is -0.122. The second-order valence-electron chi connectivity index (χ2n) is 9.78. The number of carbonyl (C=O) groups excluding carboxylic acids is 2. The van der Waals surface area contributed by atoms with Crippen LogP contribution in [0.5, 0.6) is 0 Å². The lowest BCUT2D eigenvalue weighted by Crippen LogP contribution is -2.54. The molecule has 1 saturated carbocycles. The number of nitrogens with two attached hydrogens (primary N) is 1. The maximum absolute atomic E-state index is 13.3. The molecule has 3 atom stereocenters. The van der Waals surface area contributed by atoms with Crippen molar-refractivity contribution in [3.63, 3.8) is 0 Å². The van der Waals surface area contributed by atoms with Crippen molar-refractivity contribution in [1.29, 1.82) is 0 Å². The molecule has 2 bridgehead atoms. The molecule has 1 aliphatic heterocycles. The van der Waals surface area contributed by atoms with E-state index < -0.39 is 5.54 Å². The van der Waals surface area contributed by atoms with Crippen LogP contribution in [-0.2, 0) is 4.79 Å². The van der Waals surface area contributed by atoms with Crippen LogP contribution in [0.25, 0.3) is 22.3 Å². The first kappa shape index (κ1) is 23.0.